The summed E-state index contributed by atoms with van der Waals surface area (Å²) in [7, 11) is 0. The van der Waals surface area contributed by atoms with Gasteiger partial charge < -0.3 is 0 Å². The second-order valence-corrected chi connectivity index (χ2v) is 3.27. The zero-order chi connectivity index (χ0) is 8.27. The summed E-state index contributed by atoms with van der Waals surface area (Å²) in [5.74, 6) is 0.689. The topological polar surface area (TPSA) is 43.6 Å². The van der Waals surface area contributed by atoms with Crippen LogP contribution in [-0.4, -0.2) is 20.2 Å². The first kappa shape index (κ1) is 8.17. The molecule has 0 saturated carbocycles. The van der Waals surface area contributed by atoms with Crippen molar-refractivity contribution in [1.82, 2.24) is 20.2 Å². The number of nitrogens with zero attached hydrogens (tertiary/aromatic N) is 4. The molecule has 0 fully saturated rings. The van der Waals surface area contributed by atoms with E-state index in [2.05, 4.69) is 36.3 Å². The van der Waals surface area contributed by atoms with Crippen LogP contribution >= 0.6 is 0 Å². The van der Waals surface area contributed by atoms with Crippen LogP contribution in [0.15, 0.2) is 6.33 Å². The van der Waals surface area contributed by atoms with Crippen molar-refractivity contribution in [3.05, 3.63) is 6.33 Å². The van der Waals surface area contributed by atoms with Crippen molar-refractivity contribution in [2.45, 2.75) is 33.2 Å². The van der Waals surface area contributed by atoms with Gasteiger partial charge in [0, 0.05) is 0 Å². The molecule has 1 aromatic rings. The van der Waals surface area contributed by atoms with Gasteiger partial charge in [0.2, 0.25) is 0 Å². The maximum absolute atomic E-state index is 3.82. The van der Waals surface area contributed by atoms with Crippen molar-refractivity contribution in [3.63, 3.8) is 0 Å². The third-order valence-corrected chi connectivity index (χ3v) is 1.63. The number of hydrogen-bond acceptors (Lipinski definition) is 3. The van der Waals surface area contributed by atoms with Crippen molar-refractivity contribution in [2.24, 2.45) is 5.92 Å². The third-order valence-electron chi connectivity index (χ3n) is 1.63. The average Bonchev–Trinajstić information content (AvgIpc) is 2.35. The van der Waals surface area contributed by atoms with Crippen LogP contribution in [0.25, 0.3) is 0 Å². The molecule has 11 heavy (non-hydrogen) atoms. The van der Waals surface area contributed by atoms with Crippen LogP contribution in [0.3, 0.4) is 0 Å². The summed E-state index contributed by atoms with van der Waals surface area (Å²) in [6, 6.07) is 0.407. The number of tetrazole rings is 1. The fourth-order valence-electron chi connectivity index (χ4n) is 1.16. The van der Waals surface area contributed by atoms with E-state index in [4.69, 9.17) is 0 Å². The molecular weight excluding hydrogens is 140 g/mol. The molecule has 0 aliphatic carbocycles. The summed E-state index contributed by atoms with van der Waals surface area (Å²) in [6.07, 6.45) is 2.78. The Balaban J connectivity index is 2.49. The van der Waals surface area contributed by atoms with E-state index in [0.717, 1.165) is 6.42 Å². The first-order valence-corrected chi connectivity index (χ1v) is 3.92. The van der Waals surface area contributed by atoms with E-state index in [0.29, 0.717) is 12.0 Å². The monoisotopic (exact) mass is 154 g/mol. The van der Waals surface area contributed by atoms with E-state index < -0.39 is 0 Å². The van der Waals surface area contributed by atoms with Gasteiger partial charge in [-0.25, -0.2) is 4.68 Å². The molecule has 0 aliphatic rings. The highest BCUT2D eigenvalue weighted by Gasteiger charge is 2.06. The lowest BCUT2D eigenvalue weighted by Crippen LogP contribution is -2.08. The minimum Gasteiger partial charge on any atom is -0.230 e. The Morgan fingerprint density at radius 2 is 2.09 bits per heavy atom. The standard InChI is InChI=1S/C7H14N4/c1-6(2)4-7(3)11-5-8-9-10-11/h5-7H,4H2,1-3H3. The Morgan fingerprint density at radius 1 is 1.36 bits per heavy atom. The fourth-order valence-corrected chi connectivity index (χ4v) is 1.16. The molecule has 1 atom stereocenters. The molecule has 0 aliphatic heterocycles. The van der Waals surface area contributed by atoms with E-state index >= 15 is 0 Å². The Labute approximate surface area is 66.6 Å². The van der Waals surface area contributed by atoms with Gasteiger partial charge in [-0.15, -0.1) is 5.10 Å². The molecule has 0 N–H and O–H groups in total. The van der Waals surface area contributed by atoms with Crippen molar-refractivity contribution in [1.29, 1.82) is 0 Å². The smallest absolute Gasteiger partial charge is 0.138 e. The SMILES string of the molecule is CC(C)CC(C)n1cnnn1. The zero-order valence-corrected chi connectivity index (χ0v) is 7.23. The molecule has 0 bridgehead atoms. The Morgan fingerprint density at radius 3 is 2.55 bits per heavy atom. The quantitative estimate of drug-likeness (QED) is 0.658. The highest BCUT2D eigenvalue weighted by atomic mass is 15.5. The van der Waals surface area contributed by atoms with Gasteiger partial charge in [0.05, 0.1) is 6.04 Å². The van der Waals surface area contributed by atoms with Gasteiger partial charge >= 0.3 is 0 Å². The lowest BCUT2D eigenvalue weighted by Gasteiger charge is -2.12. The fraction of sp³-hybridized carbons (Fsp3) is 0.857. The molecule has 0 saturated heterocycles. The summed E-state index contributed by atoms with van der Waals surface area (Å²) in [4.78, 5) is 0. The predicted molar refractivity (Wildman–Crippen MR) is 42.0 cm³/mol. The van der Waals surface area contributed by atoms with E-state index in [9.17, 15) is 0 Å². The van der Waals surface area contributed by atoms with E-state index in [-0.39, 0.29) is 0 Å². The maximum Gasteiger partial charge on any atom is 0.138 e. The number of hydrogen-bond donors (Lipinski definition) is 0. The van der Waals surface area contributed by atoms with Gasteiger partial charge in [-0.2, -0.15) is 0 Å². The highest BCUT2D eigenvalue weighted by molar-refractivity contribution is 4.61. The van der Waals surface area contributed by atoms with Gasteiger partial charge in [-0.05, 0) is 29.7 Å². The summed E-state index contributed by atoms with van der Waals surface area (Å²) in [6.45, 7) is 6.51. The number of aromatic nitrogens is 4. The predicted octanol–water partition coefficient (Wildman–Crippen LogP) is 1.28. The largest absolute Gasteiger partial charge is 0.230 e. The van der Waals surface area contributed by atoms with Crippen LogP contribution in [0, 0.1) is 5.92 Å². The molecule has 62 valence electrons. The van der Waals surface area contributed by atoms with E-state index in [1.165, 1.54) is 0 Å². The van der Waals surface area contributed by atoms with E-state index in [1.54, 1.807) is 11.0 Å². The van der Waals surface area contributed by atoms with Gasteiger partial charge in [0.1, 0.15) is 6.33 Å². The molecule has 0 radical (unpaired) electrons. The van der Waals surface area contributed by atoms with Crippen LogP contribution in [0.1, 0.15) is 33.2 Å². The van der Waals surface area contributed by atoms with Gasteiger partial charge in [-0.3, -0.25) is 0 Å². The van der Waals surface area contributed by atoms with Crippen molar-refractivity contribution in [3.8, 4) is 0 Å². The summed E-state index contributed by atoms with van der Waals surface area (Å²) < 4.78 is 1.79. The molecule has 1 rings (SSSR count). The van der Waals surface area contributed by atoms with Crippen molar-refractivity contribution < 1.29 is 0 Å². The first-order valence-electron chi connectivity index (χ1n) is 3.92. The molecule has 0 aromatic carbocycles. The van der Waals surface area contributed by atoms with Crippen molar-refractivity contribution in [2.75, 3.05) is 0 Å². The Bertz CT molecular complexity index is 192. The number of rotatable bonds is 3. The lowest BCUT2D eigenvalue weighted by molar-refractivity contribution is 0.390. The van der Waals surface area contributed by atoms with Crippen LogP contribution in [0.5, 0.6) is 0 Å². The summed E-state index contributed by atoms with van der Waals surface area (Å²) in [5.41, 5.74) is 0. The molecule has 0 spiro atoms. The second-order valence-electron chi connectivity index (χ2n) is 3.27. The molecule has 4 nitrogen and oxygen atoms in total. The molecule has 1 heterocycles. The van der Waals surface area contributed by atoms with Crippen molar-refractivity contribution >= 4 is 0 Å². The zero-order valence-electron chi connectivity index (χ0n) is 7.23. The first-order chi connectivity index (χ1) is 5.20. The molecule has 4 heteroatoms. The van der Waals surface area contributed by atoms with Crippen LogP contribution in [0.4, 0.5) is 0 Å². The van der Waals surface area contributed by atoms with E-state index in [1.807, 2.05) is 0 Å². The van der Waals surface area contributed by atoms with Crippen LogP contribution in [-0.2, 0) is 0 Å². The summed E-state index contributed by atoms with van der Waals surface area (Å²) >= 11 is 0. The van der Waals surface area contributed by atoms with Crippen LogP contribution in [0.2, 0.25) is 0 Å². The minimum absolute atomic E-state index is 0.407. The Hall–Kier alpha value is -0.930. The third kappa shape index (κ3) is 2.29. The summed E-state index contributed by atoms with van der Waals surface area (Å²) in [5, 5.41) is 11.0. The van der Waals surface area contributed by atoms with Gasteiger partial charge in [-0.1, -0.05) is 13.8 Å². The molecule has 1 aromatic heterocycles. The lowest BCUT2D eigenvalue weighted by atomic mass is 10.1. The molecular formula is C7H14N4. The normalized spacial score (nSPS) is 13.8. The Kier molecular flexibility index (Phi) is 2.57. The van der Waals surface area contributed by atoms with Crippen LogP contribution < -0.4 is 0 Å². The molecule has 0 amide bonds. The second kappa shape index (κ2) is 3.46. The highest BCUT2D eigenvalue weighted by Crippen LogP contribution is 2.13. The maximum atomic E-state index is 3.82. The average molecular weight is 154 g/mol. The molecule has 1 unspecified atom stereocenters. The van der Waals surface area contributed by atoms with Gasteiger partial charge in [0.25, 0.3) is 0 Å². The minimum atomic E-state index is 0.407. The van der Waals surface area contributed by atoms with Gasteiger partial charge in [0.15, 0.2) is 0 Å².